The lowest BCUT2D eigenvalue weighted by molar-refractivity contribution is -0.385. The molecule has 4 aromatic rings. The number of nitrogens with zero attached hydrogens (tertiary/aromatic N) is 1. The van der Waals surface area contributed by atoms with E-state index in [9.17, 15) is 15.2 Å². The Morgan fingerprint density at radius 2 is 1.50 bits per heavy atom. The quantitative estimate of drug-likeness (QED) is 0.285. The van der Waals surface area contributed by atoms with Gasteiger partial charge in [0.25, 0.3) is 0 Å². The predicted molar refractivity (Wildman–Crippen MR) is 115 cm³/mol. The maximum absolute atomic E-state index is 10.9. The molecule has 30 heavy (non-hydrogen) atoms. The predicted octanol–water partition coefficient (Wildman–Crippen LogP) is 6.33. The molecule has 0 radical (unpaired) electrons. The van der Waals surface area contributed by atoms with Gasteiger partial charge in [-0.25, -0.2) is 0 Å². The Morgan fingerprint density at radius 3 is 2.30 bits per heavy atom. The molecule has 1 N–H and O–H groups in total. The van der Waals surface area contributed by atoms with Crippen molar-refractivity contribution in [1.29, 1.82) is 0 Å². The van der Waals surface area contributed by atoms with E-state index in [1.54, 1.807) is 0 Å². The molecule has 0 aromatic heterocycles. The summed E-state index contributed by atoms with van der Waals surface area (Å²) in [6.07, 6.45) is 0.901. The first kappa shape index (κ1) is 17.9. The molecule has 1 aliphatic carbocycles. The minimum absolute atomic E-state index is 0.332. The summed E-state index contributed by atoms with van der Waals surface area (Å²) in [6.45, 7) is 0. The summed E-state index contributed by atoms with van der Waals surface area (Å²) in [5, 5.41) is 20.9. The standard InChI is InChI=1S/C25H17NO4/c27-23-15-18(12-13-22(23)26(28)29)30-24-11-4-3-9-20(24)21-10-5-7-17-14-16-6-1-2-8-19(16)25(17)21/h1-13,15,27H,14H2. The Balaban J connectivity index is 1.59. The second-order valence-corrected chi connectivity index (χ2v) is 7.18. The van der Waals surface area contributed by atoms with E-state index in [1.807, 2.05) is 30.3 Å². The van der Waals surface area contributed by atoms with Gasteiger partial charge in [-0.3, -0.25) is 10.1 Å². The summed E-state index contributed by atoms with van der Waals surface area (Å²) in [5.41, 5.74) is 6.65. The number of fused-ring (bicyclic) bond motifs is 3. The van der Waals surface area contributed by atoms with Crippen LogP contribution in [0.5, 0.6) is 17.2 Å². The van der Waals surface area contributed by atoms with Crippen LogP contribution in [-0.2, 0) is 6.42 Å². The Bertz CT molecular complexity index is 1300. The van der Waals surface area contributed by atoms with Crippen LogP contribution >= 0.6 is 0 Å². The number of ether oxygens (including phenoxy) is 1. The topological polar surface area (TPSA) is 72.6 Å². The highest BCUT2D eigenvalue weighted by molar-refractivity contribution is 5.92. The van der Waals surface area contributed by atoms with Gasteiger partial charge in [-0.05, 0) is 46.4 Å². The molecule has 0 unspecified atom stereocenters. The van der Waals surface area contributed by atoms with Crippen LogP contribution in [0.2, 0.25) is 0 Å². The SMILES string of the molecule is O=[N+]([O-])c1ccc(Oc2ccccc2-c2cccc3c2-c2ccccc2C3)cc1O. The zero-order valence-electron chi connectivity index (χ0n) is 15.9. The third-order valence-electron chi connectivity index (χ3n) is 5.37. The van der Waals surface area contributed by atoms with Crippen LogP contribution in [0.25, 0.3) is 22.3 Å². The number of benzene rings is 4. The first-order valence-corrected chi connectivity index (χ1v) is 9.56. The molecule has 4 aromatic carbocycles. The number of phenols is 1. The lowest BCUT2D eigenvalue weighted by Gasteiger charge is -2.15. The van der Waals surface area contributed by atoms with Gasteiger partial charge in [-0.1, -0.05) is 60.7 Å². The minimum Gasteiger partial charge on any atom is -0.502 e. The first-order chi connectivity index (χ1) is 14.6. The van der Waals surface area contributed by atoms with Crippen molar-refractivity contribution in [2.75, 3.05) is 0 Å². The Labute approximate surface area is 173 Å². The Kier molecular flexibility index (Phi) is 4.21. The van der Waals surface area contributed by atoms with Gasteiger partial charge < -0.3 is 9.84 Å². The van der Waals surface area contributed by atoms with Crippen LogP contribution in [0.3, 0.4) is 0 Å². The highest BCUT2D eigenvalue weighted by Gasteiger charge is 2.23. The smallest absolute Gasteiger partial charge is 0.310 e. The molecule has 0 bridgehead atoms. The first-order valence-electron chi connectivity index (χ1n) is 9.56. The lowest BCUT2D eigenvalue weighted by atomic mass is 9.94. The molecule has 0 amide bonds. The molecule has 146 valence electrons. The average molecular weight is 395 g/mol. The van der Waals surface area contributed by atoms with Crippen molar-refractivity contribution >= 4 is 5.69 Å². The largest absolute Gasteiger partial charge is 0.502 e. The number of aromatic hydroxyl groups is 1. The third kappa shape index (κ3) is 2.97. The van der Waals surface area contributed by atoms with E-state index in [1.165, 1.54) is 40.5 Å². The van der Waals surface area contributed by atoms with Gasteiger partial charge >= 0.3 is 5.69 Å². The number of para-hydroxylation sites is 1. The van der Waals surface area contributed by atoms with Crippen molar-refractivity contribution in [2.24, 2.45) is 0 Å². The highest BCUT2D eigenvalue weighted by atomic mass is 16.6. The molecule has 5 rings (SSSR count). The van der Waals surface area contributed by atoms with Crippen molar-refractivity contribution < 1.29 is 14.8 Å². The molecule has 0 saturated heterocycles. The van der Waals surface area contributed by atoms with Crippen LogP contribution in [0.1, 0.15) is 11.1 Å². The molecular weight excluding hydrogens is 378 g/mol. The fourth-order valence-electron chi connectivity index (χ4n) is 4.04. The summed E-state index contributed by atoms with van der Waals surface area (Å²) in [7, 11) is 0. The van der Waals surface area contributed by atoms with Gasteiger partial charge in [0.05, 0.1) is 4.92 Å². The molecule has 5 nitrogen and oxygen atoms in total. The monoisotopic (exact) mass is 395 g/mol. The van der Waals surface area contributed by atoms with Crippen molar-refractivity contribution in [3.63, 3.8) is 0 Å². The molecule has 0 heterocycles. The number of nitro groups is 1. The fourth-order valence-corrected chi connectivity index (χ4v) is 4.04. The van der Waals surface area contributed by atoms with Crippen LogP contribution in [0, 0.1) is 10.1 Å². The van der Waals surface area contributed by atoms with Crippen LogP contribution in [0.15, 0.2) is 84.9 Å². The van der Waals surface area contributed by atoms with E-state index in [4.69, 9.17) is 4.74 Å². The average Bonchev–Trinajstić information content (AvgIpc) is 3.13. The summed E-state index contributed by atoms with van der Waals surface area (Å²) < 4.78 is 6.04. The lowest BCUT2D eigenvalue weighted by Crippen LogP contribution is -1.92. The zero-order chi connectivity index (χ0) is 20.7. The van der Waals surface area contributed by atoms with Crippen LogP contribution < -0.4 is 4.74 Å². The van der Waals surface area contributed by atoms with E-state index < -0.39 is 10.7 Å². The van der Waals surface area contributed by atoms with Gasteiger partial charge in [0, 0.05) is 17.7 Å². The summed E-state index contributed by atoms with van der Waals surface area (Å²) in [6, 6.07) is 26.4. The number of hydrogen-bond donors (Lipinski definition) is 1. The molecule has 5 heteroatoms. The second-order valence-electron chi connectivity index (χ2n) is 7.18. The molecule has 0 saturated carbocycles. The van der Waals surface area contributed by atoms with Crippen molar-refractivity contribution in [3.8, 4) is 39.5 Å². The maximum atomic E-state index is 10.9. The number of nitro benzene ring substituents is 1. The highest BCUT2D eigenvalue weighted by Crippen LogP contribution is 2.45. The van der Waals surface area contributed by atoms with E-state index in [2.05, 4.69) is 36.4 Å². The Morgan fingerprint density at radius 1 is 0.800 bits per heavy atom. The summed E-state index contributed by atoms with van der Waals surface area (Å²) in [4.78, 5) is 10.3. The molecule has 0 aliphatic heterocycles. The van der Waals surface area contributed by atoms with Crippen molar-refractivity contribution in [1.82, 2.24) is 0 Å². The van der Waals surface area contributed by atoms with Crippen LogP contribution in [0.4, 0.5) is 5.69 Å². The van der Waals surface area contributed by atoms with Gasteiger partial charge in [0.15, 0.2) is 5.75 Å². The minimum atomic E-state index is -0.627. The van der Waals surface area contributed by atoms with Crippen molar-refractivity contribution in [2.45, 2.75) is 6.42 Å². The summed E-state index contributed by atoms with van der Waals surface area (Å²) >= 11 is 0. The van der Waals surface area contributed by atoms with Crippen LogP contribution in [-0.4, -0.2) is 10.0 Å². The summed E-state index contributed by atoms with van der Waals surface area (Å²) in [5.74, 6) is 0.520. The fraction of sp³-hybridized carbons (Fsp3) is 0.0400. The molecule has 0 atom stereocenters. The maximum Gasteiger partial charge on any atom is 0.310 e. The van der Waals surface area contributed by atoms with E-state index >= 15 is 0 Å². The van der Waals surface area contributed by atoms with E-state index in [-0.39, 0.29) is 5.69 Å². The van der Waals surface area contributed by atoms with E-state index in [0.29, 0.717) is 11.5 Å². The normalized spacial score (nSPS) is 11.6. The number of hydrogen-bond acceptors (Lipinski definition) is 4. The number of phenolic OH excluding ortho intramolecular Hbond substituents is 1. The third-order valence-corrected chi connectivity index (χ3v) is 5.37. The van der Waals surface area contributed by atoms with Gasteiger partial charge in [0.2, 0.25) is 0 Å². The zero-order valence-corrected chi connectivity index (χ0v) is 15.9. The van der Waals surface area contributed by atoms with Gasteiger partial charge in [-0.15, -0.1) is 0 Å². The molecule has 0 fully saturated rings. The Hall–Kier alpha value is -4.12. The molecule has 1 aliphatic rings. The van der Waals surface area contributed by atoms with Crippen molar-refractivity contribution in [3.05, 3.63) is 106 Å². The molecular formula is C25H17NO4. The second kappa shape index (κ2) is 7.04. The molecule has 0 spiro atoms. The van der Waals surface area contributed by atoms with Gasteiger partial charge in [-0.2, -0.15) is 0 Å². The van der Waals surface area contributed by atoms with Gasteiger partial charge in [0.1, 0.15) is 11.5 Å². The van der Waals surface area contributed by atoms with E-state index in [0.717, 1.165) is 17.5 Å². The number of rotatable bonds is 4.